The van der Waals surface area contributed by atoms with Crippen LogP contribution in [0.5, 0.6) is 0 Å². The lowest BCUT2D eigenvalue weighted by molar-refractivity contribution is -0.164. The van der Waals surface area contributed by atoms with Crippen molar-refractivity contribution in [2.24, 2.45) is 5.41 Å². The van der Waals surface area contributed by atoms with E-state index in [1.54, 1.807) is 42.5 Å². The maximum atomic E-state index is 14.3. The van der Waals surface area contributed by atoms with Crippen molar-refractivity contribution < 1.29 is 28.7 Å². The number of ether oxygens (including phenoxy) is 1. The largest absolute Gasteiger partial charge is 0.444 e. The maximum Gasteiger partial charge on any atom is 0.408 e. The molecule has 4 amide bonds. The van der Waals surface area contributed by atoms with Crippen molar-refractivity contribution in [3.05, 3.63) is 100 Å². The van der Waals surface area contributed by atoms with Crippen molar-refractivity contribution in [2.75, 3.05) is 5.32 Å². The number of anilines is 1. The Morgan fingerprint density at radius 3 is 2.25 bits per heavy atom. The molecule has 0 spiro atoms. The molecule has 0 radical (unpaired) electrons. The summed E-state index contributed by atoms with van der Waals surface area (Å²) in [6.45, 7) is 7.50. The fraction of sp³-hybridized carbons (Fsp3) is 0.425. The van der Waals surface area contributed by atoms with E-state index in [2.05, 4.69) is 16.0 Å². The average molecular weight is 713 g/mol. The van der Waals surface area contributed by atoms with Gasteiger partial charge in [0.05, 0.1) is 0 Å². The molecule has 10 nitrogen and oxygen atoms in total. The number of aryl methyl sites for hydroxylation is 1. The second-order valence-corrected chi connectivity index (χ2v) is 15.9. The van der Waals surface area contributed by atoms with Crippen LogP contribution in [-0.2, 0) is 32.1 Å². The van der Waals surface area contributed by atoms with E-state index in [4.69, 9.17) is 16.3 Å². The standard InChI is InChI=1S/C40H45ClN4O6/c1-25-18-29(14-15-30(25)41)42-35(48)31(20-39-22-40(23-39,24-39)44-37(50)51-38(2,3)4)43-36(49)32-19-27-12-8-9-13-28(27)21-45(32)34(47)17-16-33(46)26-10-6-5-7-11-26/h5-15,18,31-32H,16-17,19-24H2,1-4H3,(H,42,48)(H,43,49)(H,44,50)/t31?,32-,39?,40?/m0/s1. The lowest BCUT2D eigenvalue weighted by Crippen LogP contribution is -2.76. The molecule has 3 aliphatic carbocycles. The number of carbonyl (C=O) groups is 5. The molecule has 268 valence electrons. The van der Waals surface area contributed by atoms with E-state index in [9.17, 15) is 24.0 Å². The second-order valence-electron chi connectivity index (χ2n) is 15.5. The summed E-state index contributed by atoms with van der Waals surface area (Å²) in [5.41, 5.74) is 2.53. The Hall–Kier alpha value is -4.70. The quantitative estimate of drug-likeness (QED) is 0.194. The van der Waals surface area contributed by atoms with E-state index >= 15 is 0 Å². The Morgan fingerprint density at radius 1 is 0.922 bits per heavy atom. The predicted molar refractivity (Wildman–Crippen MR) is 194 cm³/mol. The molecule has 3 fully saturated rings. The summed E-state index contributed by atoms with van der Waals surface area (Å²) in [5.74, 6) is -1.27. The van der Waals surface area contributed by atoms with Crippen molar-refractivity contribution in [1.82, 2.24) is 15.5 Å². The summed E-state index contributed by atoms with van der Waals surface area (Å²) < 4.78 is 5.47. The average Bonchev–Trinajstić information content (AvgIpc) is 3.05. The van der Waals surface area contributed by atoms with Crippen LogP contribution in [0.15, 0.2) is 72.8 Å². The molecule has 1 unspecified atom stereocenters. The van der Waals surface area contributed by atoms with E-state index in [-0.39, 0.29) is 54.4 Å². The third-order valence-corrected chi connectivity index (χ3v) is 10.6. The van der Waals surface area contributed by atoms with Crippen LogP contribution >= 0.6 is 11.6 Å². The molecule has 3 N–H and O–H groups in total. The van der Waals surface area contributed by atoms with Gasteiger partial charge in [0.25, 0.3) is 0 Å². The minimum absolute atomic E-state index is 0.0163. The molecule has 11 heteroatoms. The molecule has 0 saturated heterocycles. The second kappa shape index (κ2) is 14.1. The van der Waals surface area contributed by atoms with Gasteiger partial charge in [-0.3, -0.25) is 19.2 Å². The van der Waals surface area contributed by atoms with Gasteiger partial charge in [-0.15, -0.1) is 0 Å². The summed E-state index contributed by atoms with van der Waals surface area (Å²) in [5, 5.41) is 9.56. The molecule has 2 bridgehead atoms. The molecule has 1 aliphatic heterocycles. The maximum absolute atomic E-state index is 14.3. The molecular formula is C40H45ClN4O6. The van der Waals surface area contributed by atoms with Gasteiger partial charge in [0, 0.05) is 47.6 Å². The highest BCUT2D eigenvalue weighted by molar-refractivity contribution is 6.31. The van der Waals surface area contributed by atoms with Crippen LogP contribution < -0.4 is 16.0 Å². The Kier molecular flexibility index (Phi) is 10.0. The zero-order valence-corrected chi connectivity index (χ0v) is 30.3. The van der Waals surface area contributed by atoms with Crippen molar-refractivity contribution >= 4 is 46.9 Å². The lowest BCUT2D eigenvalue weighted by atomic mass is 9.38. The van der Waals surface area contributed by atoms with Gasteiger partial charge < -0.3 is 25.6 Å². The normalized spacial score (nSPS) is 22.3. The van der Waals surface area contributed by atoms with Crippen LogP contribution in [0.3, 0.4) is 0 Å². The fourth-order valence-corrected chi connectivity index (χ4v) is 8.00. The summed E-state index contributed by atoms with van der Waals surface area (Å²) in [7, 11) is 0. The number of nitrogens with one attached hydrogen (secondary N) is 3. The number of hydrogen-bond acceptors (Lipinski definition) is 6. The fourth-order valence-electron chi connectivity index (χ4n) is 7.88. The number of alkyl carbamates (subject to hydrolysis) is 1. The number of rotatable bonds is 11. The van der Waals surface area contributed by atoms with Gasteiger partial charge in [-0.2, -0.15) is 0 Å². The Bertz CT molecular complexity index is 1830. The van der Waals surface area contributed by atoms with Gasteiger partial charge in [-0.05, 0) is 93.7 Å². The molecule has 4 aliphatic rings. The lowest BCUT2D eigenvalue weighted by Gasteiger charge is -2.71. The zero-order valence-electron chi connectivity index (χ0n) is 29.5. The summed E-state index contributed by atoms with van der Waals surface area (Å²) in [6.07, 6.45) is 2.13. The summed E-state index contributed by atoms with van der Waals surface area (Å²) >= 11 is 6.22. The van der Waals surface area contributed by atoms with E-state index in [0.717, 1.165) is 16.7 Å². The highest BCUT2D eigenvalue weighted by Gasteiger charge is 2.69. The van der Waals surface area contributed by atoms with E-state index in [1.165, 1.54) is 4.90 Å². The van der Waals surface area contributed by atoms with E-state index in [1.807, 2.05) is 58.0 Å². The Balaban J connectivity index is 1.18. The van der Waals surface area contributed by atoms with Crippen molar-refractivity contribution in [2.45, 2.75) is 102 Å². The molecule has 3 saturated carbocycles. The number of fused-ring (bicyclic) bond motifs is 1. The molecule has 2 atom stereocenters. The number of benzene rings is 3. The number of Topliss-reactive ketones (excluding diaryl/α,β-unsaturated/α-hetero) is 1. The first-order valence-electron chi connectivity index (χ1n) is 17.5. The van der Waals surface area contributed by atoms with Crippen LogP contribution in [0, 0.1) is 12.3 Å². The first-order chi connectivity index (χ1) is 24.1. The summed E-state index contributed by atoms with van der Waals surface area (Å²) in [4.78, 5) is 68.8. The van der Waals surface area contributed by atoms with Crippen molar-refractivity contribution in [3.8, 4) is 0 Å². The smallest absolute Gasteiger partial charge is 0.408 e. The van der Waals surface area contributed by atoms with Gasteiger partial charge in [0.15, 0.2) is 5.78 Å². The van der Waals surface area contributed by atoms with Crippen molar-refractivity contribution in [3.63, 3.8) is 0 Å². The predicted octanol–water partition coefficient (Wildman–Crippen LogP) is 6.53. The van der Waals surface area contributed by atoms with Crippen LogP contribution in [0.4, 0.5) is 10.5 Å². The Labute approximate surface area is 303 Å². The summed E-state index contributed by atoms with van der Waals surface area (Å²) in [6, 6.07) is 19.9. The van der Waals surface area contributed by atoms with Crippen LogP contribution in [0.1, 0.15) is 86.3 Å². The number of nitrogens with zero attached hydrogens (tertiary/aromatic N) is 1. The minimum Gasteiger partial charge on any atom is -0.444 e. The molecule has 51 heavy (non-hydrogen) atoms. The highest BCUT2D eigenvalue weighted by atomic mass is 35.5. The first-order valence-corrected chi connectivity index (χ1v) is 17.8. The molecule has 3 aromatic carbocycles. The Morgan fingerprint density at radius 2 is 1.59 bits per heavy atom. The number of halogens is 1. The number of ketones is 1. The monoisotopic (exact) mass is 712 g/mol. The number of carbonyl (C=O) groups excluding carboxylic acids is 5. The van der Waals surface area contributed by atoms with E-state index < -0.39 is 29.7 Å². The molecule has 0 aromatic heterocycles. The molecular weight excluding hydrogens is 668 g/mol. The number of hydrogen-bond donors (Lipinski definition) is 3. The molecule has 1 heterocycles. The SMILES string of the molecule is Cc1cc(NC(=O)C(CC23CC(NC(=O)OC(C)(C)C)(C2)C3)NC(=O)[C@@H]2Cc3ccccc3CN2C(=O)CCC(=O)c2ccccc2)ccc1Cl. The van der Waals surface area contributed by atoms with Crippen LogP contribution in [0.25, 0.3) is 0 Å². The third kappa shape index (κ3) is 8.28. The van der Waals surface area contributed by atoms with E-state index in [0.29, 0.717) is 42.0 Å². The van der Waals surface area contributed by atoms with Gasteiger partial charge in [-0.25, -0.2) is 4.79 Å². The number of amides is 4. The van der Waals surface area contributed by atoms with Gasteiger partial charge in [-0.1, -0.05) is 66.2 Å². The zero-order chi connectivity index (χ0) is 36.6. The minimum atomic E-state index is -0.915. The van der Waals surface area contributed by atoms with Crippen LogP contribution in [0.2, 0.25) is 5.02 Å². The van der Waals surface area contributed by atoms with Gasteiger partial charge in [0.2, 0.25) is 17.7 Å². The van der Waals surface area contributed by atoms with Gasteiger partial charge in [0.1, 0.15) is 17.7 Å². The molecule has 3 aromatic rings. The highest BCUT2D eigenvalue weighted by Crippen LogP contribution is 2.69. The molecule has 7 rings (SSSR count). The topological polar surface area (TPSA) is 134 Å². The third-order valence-electron chi connectivity index (χ3n) is 10.1. The van der Waals surface area contributed by atoms with Gasteiger partial charge >= 0.3 is 6.09 Å². The first kappa shape index (κ1) is 36.1. The van der Waals surface area contributed by atoms with Crippen LogP contribution in [-0.4, -0.2) is 57.7 Å². The van der Waals surface area contributed by atoms with Crippen molar-refractivity contribution in [1.29, 1.82) is 0 Å².